The summed E-state index contributed by atoms with van der Waals surface area (Å²) in [6, 6.07) is 8.82. The first kappa shape index (κ1) is 41.7. The average molecular weight is 828 g/mol. The van der Waals surface area contributed by atoms with Gasteiger partial charge in [-0.3, -0.25) is 14.8 Å². The molecule has 2 atom stereocenters. The van der Waals surface area contributed by atoms with Gasteiger partial charge in [0.05, 0.1) is 23.0 Å². The molecule has 2 amide bonds. The molecule has 2 aromatic heterocycles. The molecule has 0 spiro atoms. The third-order valence-corrected chi connectivity index (χ3v) is 12.0. The molecule has 6 heterocycles. The highest BCUT2D eigenvalue weighted by molar-refractivity contribution is 6.01. The zero-order valence-corrected chi connectivity index (χ0v) is 36.2. The van der Waals surface area contributed by atoms with Crippen LogP contribution in [0.3, 0.4) is 0 Å². The first-order chi connectivity index (χ1) is 28.6. The summed E-state index contributed by atoms with van der Waals surface area (Å²) in [5.41, 5.74) is 0.308. The summed E-state index contributed by atoms with van der Waals surface area (Å²) in [5, 5.41) is 2.17. The topological polar surface area (TPSA) is 132 Å². The minimum Gasteiger partial charge on any atom is -0.468 e. The molecule has 8 rings (SSSR count). The first-order valence-electron chi connectivity index (χ1n) is 21.2. The summed E-state index contributed by atoms with van der Waals surface area (Å²) in [6.45, 7) is 16.5. The Morgan fingerprint density at radius 3 is 2.23 bits per heavy atom. The van der Waals surface area contributed by atoms with Crippen LogP contribution in [0.2, 0.25) is 0 Å². The van der Waals surface area contributed by atoms with Gasteiger partial charge in [-0.2, -0.15) is 9.97 Å². The van der Waals surface area contributed by atoms with Gasteiger partial charge in [-0.25, -0.2) is 14.0 Å². The van der Waals surface area contributed by atoms with Crippen LogP contribution in [0.5, 0.6) is 11.8 Å². The second-order valence-electron chi connectivity index (χ2n) is 18.6. The molecule has 14 nitrogen and oxygen atoms in total. The highest BCUT2D eigenvalue weighted by Gasteiger charge is 2.48. The number of piperazine rings is 2. The van der Waals surface area contributed by atoms with Gasteiger partial charge < -0.3 is 33.5 Å². The molecule has 0 saturated carbocycles. The summed E-state index contributed by atoms with van der Waals surface area (Å²) in [4.78, 5) is 49.8. The number of rotatable bonds is 9. The number of aromatic nitrogens is 3. The number of aryl methyl sites for hydroxylation is 1. The molecule has 4 saturated heterocycles. The van der Waals surface area contributed by atoms with Crippen LogP contribution in [-0.4, -0.2) is 130 Å². The zero-order valence-electron chi connectivity index (χ0n) is 36.2. The zero-order chi connectivity index (χ0) is 42.6. The van der Waals surface area contributed by atoms with E-state index in [1.165, 1.54) is 0 Å². The standard InChI is InChI=1S/C45H58FN7O7/c1-9-28-13-10-14-29-19-32(58-27-56-8)20-33(35(28)29)37-36(46)38-34(21-47-37)39(49-40(48-38)57-26-45-15-11-17-52(45)18-12-16-45)50-22-30-24-51(41(54)59-43(2,3)4)25-31(23-50)53(30)42(55)60-44(5,6)7/h10,13-14,19-21,30-31H,9,11-12,15-18,22-27H2,1-8H3. The largest absolute Gasteiger partial charge is 0.468 e. The molecule has 15 heteroatoms. The van der Waals surface area contributed by atoms with Crippen molar-refractivity contribution in [1.29, 1.82) is 0 Å². The van der Waals surface area contributed by atoms with Crippen LogP contribution < -0.4 is 14.4 Å². The number of hydrogen-bond acceptors (Lipinski definition) is 12. The summed E-state index contributed by atoms with van der Waals surface area (Å²) in [5.74, 6) is 0.358. The molecule has 4 fully saturated rings. The second kappa shape index (κ2) is 16.1. The number of carbonyl (C=O) groups excluding carboxylic acids is 2. The van der Waals surface area contributed by atoms with Gasteiger partial charge in [0.25, 0.3) is 0 Å². The predicted molar refractivity (Wildman–Crippen MR) is 226 cm³/mol. The number of methoxy groups -OCH3 is 1. The van der Waals surface area contributed by atoms with Crippen molar-refractivity contribution in [2.75, 3.05) is 64.7 Å². The molecule has 4 aromatic rings. The molecule has 4 aliphatic rings. The van der Waals surface area contributed by atoms with Crippen molar-refractivity contribution in [1.82, 2.24) is 29.7 Å². The van der Waals surface area contributed by atoms with Gasteiger partial charge in [0.2, 0.25) is 0 Å². The van der Waals surface area contributed by atoms with Gasteiger partial charge in [-0.05, 0) is 115 Å². The van der Waals surface area contributed by atoms with Crippen molar-refractivity contribution < 1.29 is 37.7 Å². The van der Waals surface area contributed by atoms with Crippen molar-refractivity contribution in [2.45, 2.75) is 109 Å². The molecule has 0 aliphatic carbocycles. The predicted octanol–water partition coefficient (Wildman–Crippen LogP) is 7.58. The van der Waals surface area contributed by atoms with Crippen molar-refractivity contribution in [3.8, 4) is 23.0 Å². The Morgan fingerprint density at radius 2 is 1.58 bits per heavy atom. The minimum atomic E-state index is -0.726. The van der Waals surface area contributed by atoms with Crippen molar-refractivity contribution in [2.24, 2.45) is 0 Å². The van der Waals surface area contributed by atoms with E-state index in [-0.39, 0.29) is 55.7 Å². The van der Waals surface area contributed by atoms with Gasteiger partial charge >= 0.3 is 18.2 Å². The van der Waals surface area contributed by atoms with E-state index in [4.69, 9.17) is 38.6 Å². The van der Waals surface area contributed by atoms with E-state index < -0.39 is 41.3 Å². The van der Waals surface area contributed by atoms with E-state index in [1.54, 1.807) is 29.2 Å². The highest BCUT2D eigenvalue weighted by atomic mass is 19.1. The van der Waals surface area contributed by atoms with Crippen molar-refractivity contribution >= 4 is 39.7 Å². The molecule has 4 aliphatic heterocycles. The lowest BCUT2D eigenvalue weighted by Crippen LogP contribution is -2.71. The fraction of sp³-hybridized carbons (Fsp3) is 0.578. The molecular formula is C45H58FN7O7. The van der Waals surface area contributed by atoms with E-state index in [9.17, 15) is 9.59 Å². The molecular weight excluding hydrogens is 770 g/mol. The van der Waals surface area contributed by atoms with Crippen molar-refractivity contribution in [3.63, 3.8) is 0 Å². The number of nitrogens with zero attached hydrogens (tertiary/aromatic N) is 7. The number of amides is 2. The number of hydrogen-bond donors (Lipinski definition) is 0. The van der Waals surface area contributed by atoms with Crippen LogP contribution in [0, 0.1) is 5.82 Å². The quantitative estimate of drug-likeness (QED) is 0.154. The molecule has 60 heavy (non-hydrogen) atoms. The number of benzene rings is 2. The maximum Gasteiger partial charge on any atom is 0.411 e. The summed E-state index contributed by atoms with van der Waals surface area (Å²) in [7, 11) is 1.55. The molecule has 322 valence electrons. The van der Waals surface area contributed by atoms with E-state index in [0.29, 0.717) is 29.1 Å². The molecule has 2 bridgehead atoms. The van der Waals surface area contributed by atoms with Gasteiger partial charge in [-0.15, -0.1) is 0 Å². The highest BCUT2D eigenvalue weighted by Crippen LogP contribution is 2.42. The van der Waals surface area contributed by atoms with Crippen LogP contribution >= 0.6 is 0 Å². The number of anilines is 1. The normalized spacial score (nSPS) is 20.4. The maximum atomic E-state index is 17.6. The lowest BCUT2D eigenvalue weighted by atomic mass is 9.95. The monoisotopic (exact) mass is 827 g/mol. The number of ether oxygens (including phenoxy) is 5. The van der Waals surface area contributed by atoms with Crippen LogP contribution in [0.25, 0.3) is 32.9 Å². The van der Waals surface area contributed by atoms with Gasteiger partial charge in [0, 0.05) is 45.0 Å². The van der Waals surface area contributed by atoms with E-state index >= 15 is 4.39 Å². The number of pyridine rings is 1. The maximum absolute atomic E-state index is 17.6. The second-order valence-corrected chi connectivity index (χ2v) is 18.6. The third kappa shape index (κ3) is 8.22. The first-order valence-corrected chi connectivity index (χ1v) is 21.2. The Kier molecular flexibility index (Phi) is 11.2. The van der Waals surface area contributed by atoms with Crippen LogP contribution in [0.15, 0.2) is 36.5 Å². The molecule has 0 N–H and O–H groups in total. The molecule has 2 aromatic carbocycles. The van der Waals surface area contributed by atoms with Crippen LogP contribution in [0.4, 0.5) is 19.8 Å². The summed E-state index contributed by atoms with van der Waals surface area (Å²) >= 11 is 0. The lowest BCUT2D eigenvalue weighted by molar-refractivity contribution is -0.0367. The fourth-order valence-electron chi connectivity index (χ4n) is 9.54. The summed E-state index contributed by atoms with van der Waals surface area (Å²) < 4.78 is 46.9. The molecule has 2 unspecified atom stereocenters. The van der Waals surface area contributed by atoms with Gasteiger partial charge in [0.15, 0.2) is 12.6 Å². The Bertz CT molecular complexity index is 2250. The van der Waals surface area contributed by atoms with E-state index in [2.05, 4.69) is 11.8 Å². The van der Waals surface area contributed by atoms with Crippen molar-refractivity contribution in [3.05, 3.63) is 47.9 Å². The molecule has 0 radical (unpaired) electrons. The summed E-state index contributed by atoms with van der Waals surface area (Å²) in [6.07, 6.45) is 5.70. The smallest absolute Gasteiger partial charge is 0.411 e. The number of carbonyl (C=O) groups is 2. The SMILES string of the molecule is CCc1cccc2cc(OCOC)cc(-c3ncc4c(N5CC6CN(C(=O)OC(C)(C)C)CC(C5)N6C(=O)OC(C)(C)C)nc(OCC56CCCN5CCC6)nc4c3F)c12. The Balaban J connectivity index is 1.23. The minimum absolute atomic E-state index is 0.0287. The lowest BCUT2D eigenvalue weighted by Gasteiger charge is -2.52. The third-order valence-electron chi connectivity index (χ3n) is 12.0. The fourth-order valence-corrected chi connectivity index (χ4v) is 9.54. The number of halogens is 1. The Hall–Kier alpha value is -5.02. The van der Waals surface area contributed by atoms with E-state index in [1.807, 2.05) is 70.7 Å². The Morgan fingerprint density at radius 1 is 0.900 bits per heavy atom. The van der Waals surface area contributed by atoms with Crippen LogP contribution in [0.1, 0.15) is 79.7 Å². The van der Waals surface area contributed by atoms with Gasteiger partial charge in [-0.1, -0.05) is 25.1 Å². The van der Waals surface area contributed by atoms with Crippen LogP contribution in [-0.2, 0) is 20.6 Å². The van der Waals surface area contributed by atoms with Gasteiger partial charge in [0.1, 0.15) is 40.6 Å². The van der Waals surface area contributed by atoms with E-state index in [0.717, 1.165) is 61.5 Å². The average Bonchev–Trinajstić information content (AvgIpc) is 3.77. The number of fused-ring (bicyclic) bond motifs is 5. The Labute approximate surface area is 351 Å².